The summed E-state index contributed by atoms with van der Waals surface area (Å²) in [4.78, 5) is 27.6. The fourth-order valence-electron chi connectivity index (χ4n) is 3.68. The Bertz CT molecular complexity index is 822. The minimum atomic E-state index is -0.455. The minimum absolute atomic E-state index is 0.0668. The first-order valence-corrected chi connectivity index (χ1v) is 9.53. The molecule has 1 spiro atoms. The molecular formula is C17H20N4O4S. The first kappa shape index (κ1) is 17.2. The van der Waals surface area contributed by atoms with E-state index in [0.717, 1.165) is 25.9 Å². The molecule has 2 aromatic heterocycles. The highest BCUT2D eigenvalue weighted by molar-refractivity contribution is 7.10. The maximum absolute atomic E-state index is 12.4. The Hall–Kier alpha value is -2.26. The fourth-order valence-corrected chi connectivity index (χ4v) is 4.63. The van der Waals surface area contributed by atoms with E-state index in [-0.39, 0.29) is 23.7 Å². The molecule has 0 bridgehead atoms. The Morgan fingerprint density at radius 3 is 2.88 bits per heavy atom. The summed E-state index contributed by atoms with van der Waals surface area (Å²) in [6.07, 6.45) is 2.53. The number of likely N-dealkylation sites (tertiary alicyclic amines) is 1. The Kier molecular flexibility index (Phi) is 4.49. The molecule has 8 nitrogen and oxygen atoms in total. The van der Waals surface area contributed by atoms with Crippen LogP contribution in [0.2, 0.25) is 0 Å². The van der Waals surface area contributed by atoms with Gasteiger partial charge in [-0.25, -0.2) is 4.63 Å². The zero-order valence-corrected chi connectivity index (χ0v) is 15.3. The van der Waals surface area contributed by atoms with Gasteiger partial charge in [-0.1, -0.05) is 5.16 Å². The third-order valence-corrected chi connectivity index (χ3v) is 6.12. The number of carbonyl (C=O) groups excluding carboxylic acids is 2. The highest BCUT2D eigenvalue weighted by atomic mass is 32.1. The van der Waals surface area contributed by atoms with Gasteiger partial charge in [-0.3, -0.25) is 9.59 Å². The number of hydrogen-bond acceptors (Lipinski definition) is 7. The van der Waals surface area contributed by atoms with Gasteiger partial charge in [0.25, 0.3) is 5.91 Å². The Balaban J connectivity index is 1.33. The predicted molar refractivity (Wildman–Crippen MR) is 92.8 cm³/mol. The van der Waals surface area contributed by atoms with Gasteiger partial charge in [0.1, 0.15) is 5.69 Å². The van der Waals surface area contributed by atoms with Gasteiger partial charge in [0.15, 0.2) is 5.69 Å². The van der Waals surface area contributed by atoms with E-state index in [9.17, 15) is 9.59 Å². The lowest BCUT2D eigenvalue weighted by Gasteiger charge is -2.44. The molecular weight excluding hydrogens is 356 g/mol. The highest BCUT2D eigenvalue weighted by Crippen LogP contribution is 2.43. The summed E-state index contributed by atoms with van der Waals surface area (Å²) >= 11 is 1.78. The second-order valence-corrected chi connectivity index (χ2v) is 7.61. The van der Waals surface area contributed by atoms with E-state index in [1.165, 1.54) is 10.4 Å². The molecule has 1 N–H and O–H groups in total. The van der Waals surface area contributed by atoms with E-state index >= 15 is 0 Å². The van der Waals surface area contributed by atoms with E-state index in [4.69, 9.17) is 4.74 Å². The van der Waals surface area contributed by atoms with Crippen LogP contribution in [0.25, 0.3) is 0 Å². The summed E-state index contributed by atoms with van der Waals surface area (Å²) in [6.45, 7) is 3.54. The van der Waals surface area contributed by atoms with E-state index in [2.05, 4.69) is 31.7 Å². The number of thiophene rings is 1. The van der Waals surface area contributed by atoms with Crippen LogP contribution in [0.4, 0.5) is 0 Å². The molecule has 4 rings (SSSR count). The van der Waals surface area contributed by atoms with E-state index in [0.29, 0.717) is 18.8 Å². The maximum atomic E-state index is 12.4. The Morgan fingerprint density at radius 1 is 1.35 bits per heavy atom. The van der Waals surface area contributed by atoms with Gasteiger partial charge in [-0.2, -0.15) is 0 Å². The molecule has 2 amide bonds. The van der Waals surface area contributed by atoms with Crippen LogP contribution >= 0.6 is 11.3 Å². The lowest BCUT2D eigenvalue weighted by atomic mass is 9.82. The molecule has 26 heavy (non-hydrogen) atoms. The molecule has 0 atom stereocenters. The molecule has 9 heteroatoms. The van der Waals surface area contributed by atoms with Gasteiger partial charge in [0.2, 0.25) is 5.91 Å². The first-order valence-electron chi connectivity index (χ1n) is 8.65. The van der Waals surface area contributed by atoms with Crippen molar-refractivity contribution in [1.82, 2.24) is 20.5 Å². The van der Waals surface area contributed by atoms with Crippen molar-refractivity contribution < 1.29 is 19.0 Å². The van der Waals surface area contributed by atoms with Crippen LogP contribution in [0, 0.1) is 6.92 Å². The van der Waals surface area contributed by atoms with E-state index in [1.54, 1.807) is 23.2 Å². The van der Waals surface area contributed by atoms with Crippen LogP contribution in [0.5, 0.6) is 0 Å². The van der Waals surface area contributed by atoms with E-state index < -0.39 is 5.91 Å². The number of ether oxygens (including phenoxy) is 1. The average molecular weight is 376 g/mol. The maximum Gasteiger partial charge on any atom is 0.275 e. The molecule has 0 aromatic carbocycles. The van der Waals surface area contributed by atoms with Gasteiger partial charge >= 0.3 is 0 Å². The number of fused-ring (bicyclic) bond motifs is 2. The zero-order chi connectivity index (χ0) is 18.1. The van der Waals surface area contributed by atoms with Crippen molar-refractivity contribution in [2.75, 3.05) is 26.2 Å². The normalized spacial score (nSPS) is 18.6. The quantitative estimate of drug-likeness (QED) is 0.866. The number of hydrogen-bond donors (Lipinski definition) is 1. The molecule has 0 saturated carbocycles. The Labute approximate surface area is 154 Å². The molecule has 0 aliphatic carbocycles. The van der Waals surface area contributed by atoms with Gasteiger partial charge in [0, 0.05) is 24.4 Å². The molecule has 2 aromatic rings. The number of carbonyl (C=O) groups is 2. The second kappa shape index (κ2) is 6.81. The van der Waals surface area contributed by atoms with Crippen LogP contribution in [0.3, 0.4) is 0 Å². The van der Waals surface area contributed by atoms with Crippen molar-refractivity contribution in [2.45, 2.75) is 31.8 Å². The van der Waals surface area contributed by atoms with Gasteiger partial charge < -0.3 is 15.0 Å². The molecule has 2 aliphatic rings. The third-order valence-electron chi connectivity index (χ3n) is 5.14. The standard InChI is InChI=1S/C17H20N4O4S/c1-11-15(20-25-19-11)16(23)18-10-14(22)21-6-4-17(5-7-21)12-3-9-26-13(12)2-8-24-17/h3,9H,2,4-8,10H2,1H3,(H,18,23). The largest absolute Gasteiger partial charge is 0.370 e. The van der Waals surface area contributed by atoms with Crippen LogP contribution in [0.15, 0.2) is 16.1 Å². The van der Waals surface area contributed by atoms with Crippen molar-refractivity contribution in [3.63, 3.8) is 0 Å². The lowest BCUT2D eigenvalue weighted by molar-refractivity contribution is -0.139. The number of piperidine rings is 1. The lowest BCUT2D eigenvalue weighted by Crippen LogP contribution is -2.50. The van der Waals surface area contributed by atoms with Gasteiger partial charge in [0.05, 0.1) is 18.8 Å². The Morgan fingerprint density at radius 2 is 2.15 bits per heavy atom. The van der Waals surface area contributed by atoms with E-state index in [1.807, 2.05) is 0 Å². The van der Waals surface area contributed by atoms with Crippen molar-refractivity contribution in [2.24, 2.45) is 0 Å². The van der Waals surface area contributed by atoms with Crippen LogP contribution < -0.4 is 5.32 Å². The van der Waals surface area contributed by atoms with Crippen molar-refractivity contribution in [3.05, 3.63) is 33.3 Å². The summed E-state index contributed by atoms with van der Waals surface area (Å²) in [5, 5.41) is 11.8. The molecule has 1 fully saturated rings. The molecule has 138 valence electrons. The summed E-state index contributed by atoms with van der Waals surface area (Å²) in [5.74, 6) is -0.562. The summed E-state index contributed by atoms with van der Waals surface area (Å²) in [5.41, 5.74) is 1.55. The smallest absolute Gasteiger partial charge is 0.275 e. The predicted octanol–water partition coefficient (Wildman–Crippen LogP) is 1.26. The van der Waals surface area contributed by atoms with Gasteiger partial charge in [-0.15, -0.1) is 11.3 Å². The van der Waals surface area contributed by atoms with Crippen molar-refractivity contribution in [3.8, 4) is 0 Å². The van der Waals surface area contributed by atoms with Crippen molar-refractivity contribution in [1.29, 1.82) is 0 Å². The number of aryl methyl sites for hydroxylation is 1. The van der Waals surface area contributed by atoms with Gasteiger partial charge in [-0.05, 0) is 41.9 Å². The number of amides is 2. The highest BCUT2D eigenvalue weighted by Gasteiger charge is 2.42. The summed E-state index contributed by atoms with van der Waals surface area (Å²) < 4.78 is 10.7. The third kappa shape index (κ3) is 3.01. The number of aromatic nitrogens is 2. The number of rotatable bonds is 3. The minimum Gasteiger partial charge on any atom is -0.370 e. The van der Waals surface area contributed by atoms with Crippen molar-refractivity contribution >= 4 is 23.2 Å². The monoisotopic (exact) mass is 376 g/mol. The number of nitrogens with zero attached hydrogens (tertiary/aromatic N) is 3. The SMILES string of the molecule is Cc1nonc1C(=O)NCC(=O)N1CCC2(CC1)OCCc1sccc12. The molecule has 4 heterocycles. The summed E-state index contributed by atoms with van der Waals surface area (Å²) in [7, 11) is 0. The second-order valence-electron chi connectivity index (χ2n) is 6.61. The van der Waals surface area contributed by atoms with Crippen LogP contribution in [-0.2, 0) is 21.6 Å². The average Bonchev–Trinajstić information content (AvgIpc) is 3.30. The first-order chi connectivity index (χ1) is 12.6. The molecule has 2 aliphatic heterocycles. The topological polar surface area (TPSA) is 97.6 Å². The fraction of sp³-hybridized carbons (Fsp3) is 0.529. The molecule has 0 unspecified atom stereocenters. The zero-order valence-electron chi connectivity index (χ0n) is 14.5. The summed E-state index contributed by atoms with van der Waals surface area (Å²) in [6, 6.07) is 2.16. The van der Waals surface area contributed by atoms with Crippen LogP contribution in [0.1, 0.15) is 39.5 Å². The molecule has 1 saturated heterocycles. The van der Waals surface area contributed by atoms with Crippen LogP contribution in [-0.4, -0.2) is 53.3 Å². The number of nitrogens with one attached hydrogen (secondary N) is 1. The molecule has 0 radical (unpaired) electrons.